The van der Waals surface area contributed by atoms with Gasteiger partial charge < -0.3 is 10.2 Å². The summed E-state index contributed by atoms with van der Waals surface area (Å²) in [5.74, 6) is 0.873. The van der Waals surface area contributed by atoms with Gasteiger partial charge in [-0.05, 0) is 34.1 Å². The van der Waals surface area contributed by atoms with E-state index in [1.807, 2.05) is 14.0 Å². The molecule has 0 bridgehead atoms. The van der Waals surface area contributed by atoms with Crippen LogP contribution in [0.25, 0.3) is 0 Å². The van der Waals surface area contributed by atoms with Gasteiger partial charge in [-0.15, -0.1) is 0 Å². The molecule has 0 fully saturated rings. The van der Waals surface area contributed by atoms with Gasteiger partial charge in [-0.2, -0.15) is 0 Å². The SMILES string of the molecule is CCCCN(C)C(=NCCS(=O)(=O)C(C)(C)C)NCC. The van der Waals surface area contributed by atoms with E-state index in [0.717, 1.165) is 31.9 Å². The van der Waals surface area contributed by atoms with Crippen molar-refractivity contribution in [1.82, 2.24) is 10.2 Å². The van der Waals surface area contributed by atoms with Gasteiger partial charge in [0.15, 0.2) is 15.8 Å². The number of guanidine groups is 1. The van der Waals surface area contributed by atoms with Gasteiger partial charge in [-0.3, -0.25) is 4.99 Å². The van der Waals surface area contributed by atoms with E-state index in [1.54, 1.807) is 20.8 Å². The standard InChI is InChI=1S/C14H31N3O2S/c1-7-9-11-17(6)13(15-8-2)16-10-12-20(18,19)14(3,4)5/h7-12H2,1-6H3,(H,15,16). The van der Waals surface area contributed by atoms with E-state index in [1.165, 1.54) is 0 Å². The first-order valence-corrected chi connectivity index (χ1v) is 9.02. The van der Waals surface area contributed by atoms with Crippen LogP contribution >= 0.6 is 0 Å². The molecule has 0 saturated carbocycles. The Morgan fingerprint density at radius 2 is 1.85 bits per heavy atom. The molecule has 6 heteroatoms. The van der Waals surface area contributed by atoms with E-state index in [9.17, 15) is 8.42 Å². The molecule has 0 spiro atoms. The van der Waals surface area contributed by atoms with Crippen LogP contribution in [0.3, 0.4) is 0 Å². The second-order valence-corrected chi connectivity index (χ2v) is 8.80. The van der Waals surface area contributed by atoms with Crippen molar-refractivity contribution in [3.05, 3.63) is 0 Å². The average molecular weight is 305 g/mol. The Balaban J connectivity index is 4.64. The van der Waals surface area contributed by atoms with Crippen LogP contribution in [0.2, 0.25) is 0 Å². The molecule has 120 valence electrons. The fraction of sp³-hybridized carbons (Fsp3) is 0.929. The highest BCUT2D eigenvalue weighted by Crippen LogP contribution is 2.15. The Hall–Kier alpha value is -0.780. The topological polar surface area (TPSA) is 61.8 Å². The van der Waals surface area contributed by atoms with E-state index in [0.29, 0.717) is 6.54 Å². The Bertz CT molecular complexity index is 397. The summed E-state index contributed by atoms with van der Waals surface area (Å²) >= 11 is 0. The summed E-state index contributed by atoms with van der Waals surface area (Å²) in [5, 5.41) is 3.20. The van der Waals surface area contributed by atoms with Crippen molar-refractivity contribution in [2.75, 3.05) is 32.4 Å². The molecule has 0 aliphatic carbocycles. The molecule has 0 radical (unpaired) electrons. The molecule has 0 rings (SSSR count). The highest BCUT2D eigenvalue weighted by Gasteiger charge is 2.28. The molecule has 0 unspecified atom stereocenters. The van der Waals surface area contributed by atoms with Crippen molar-refractivity contribution in [2.45, 2.75) is 52.2 Å². The second-order valence-electron chi connectivity index (χ2n) is 5.94. The number of sulfone groups is 1. The van der Waals surface area contributed by atoms with Crippen LogP contribution in [0, 0.1) is 0 Å². The molecule has 20 heavy (non-hydrogen) atoms. The second kappa shape index (κ2) is 8.49. The highest BCUT2D eigenvalue weighted by molar-refractivity contribution is 7.92. The third kappa shape index (κ3) is 6.59. The van der Waals surface area contributed by atoms with Crippen LogP contribution in [-0.4, -0.2) is 56.5 Å². The van der Waals surface area contributed by atoms with Gasteiger partial charge in [0.25, 0.3) is 0 Å². The Morgan fingerprint density at radius 3 is 2.30 bits per heavy atom. The van der Waals surface area contributed by atoms with E-state index in [2.05, 4.69) is 22.1 Å². The normalized spacial score (nSPS) is 13.4. The predicted octanol–water partition coefficient (Wildman–Crippen LogP) is 1.90. The molecule has 0 amide bonds. The van der Waals surface area contributed by atoms with Gasteiger partial charge in [0.1, 0.15) is 0 Å². The summed E-state index contributed by atoms with van der Waals surface area (Å²) in [4.78, 5) is 6.47. The van der Waals surface area contributed by atoms with E-state index in [-0.39, 0.29) is 5.75 Å². The summed E-state index contributed by atoms with van der Waals surface area (Å²) in [6, 6.07) is 0. The van der Waals surface area contributed by atoms with Crippen LogP contribution in [0.4, 0.5) is 0 Å². The first-order valence-electron chi connectivity index (χ1n) is 7.37. The van der Waals surface area contributed by atoms with E-state index in [4.69, 9.17) is 0 Å². The van der Waals surface area contributed by atoms with E-state index < -0.39 is 14.6 Å². The number of nitrogens with one attached hydrogen (secondary N) is 1. The molecular weight excluding hydrogens is 274 g/mol. The van der Waals surface area contributed by atoms with Gasteiger partial charge in [-0.1, -0.05) is 13.3 Å². The van der Waals surface area contributed by atoms with Crippen molar-refractivity contribution >= 4 is 15.8 Å². The zero-order valence-corrected chi connectivity index (χ0v) is 14.7. The van der Waals surface area contributed by atoms with Gasteiger partial charge in [-0.25, -0.2) is 8.42 Å². The highest BCUT2D eigenvalue weighted by atomic mass is 32.2. The minimum absolute atomic E-state index is 0.0903. The lowest BCUT2D eigenvalue weighted by atomic mass is 10.3. The molecule has 0 aromatic heterocycles. The Morgan fingerprint density at radius 1 is 1.25 bits per heavy atom. The van der Waals surface area contributed by atoms with Gasteiger partial charge in [0.2, 0.25) is 0 Å². The fourth-order valence-electron chi connectivity index (χ4n) is 1.55. The summed E-state index contributed by atoms with van der Waals surface area (Å²) in [6.07, 6.45) is 2.23. The van der Waals surface area contributed by atoms with Crippen LogP contribution in [-0.2, 0) is 9.84 Å². The molecule has 0 saturated heterocycles. The number of hydrogen-bond donors (Lipinski definition) is 1. The van der Waals surface area contributed by atoms with Crippen molar-refractivity contribution in [1.29, 1.82) is 0 Å². The maximum absolute atomic E-state index is 12.0. The lowest BCUT2D eigenvalue weighted by Gasteiger charge is -2.22. The van der Waals surface area contributed by atoms with Crippen molar-refractivity contribution in [3.8, 4) is 0 Å². The molecule has 5 nitrogen and oxygen atoms in total. The lowest BCUT2D eigenvalue weighted by Crippen LogP contribution is -2.40. The number of rotatable bonds is 7. The van der Waals surface area contributed by atoms with Crippen LogP contribution in [0.5, 0.6) is 0 Å². The zero-order chi connectivity index (χ0) is 15.8. The first-order chi connectivity index (χ1) is 9.15. The summed E-state index contributed by atoms with van der Waals surface area (Å²) in [6.45, 7) is 11.3. The monoisotopic (exact) mass is 305 g/mol. The maximum atomic E-state index is 12.0. The third-order valence-corrected chi connectivity index (χ3v) is 5.68. The van der Waals surface area contributed by atoms with Crippen LogP contribution in [0.1, 0.15) is 47.5 Å². The third-order valence-electron chi connectivity index (χ3n) is 3.10. The molecule has 1 N–H and O–H groups in total. The minimum Gasteiger partial charge on any atom is -0.357 e. The minimum atomic E-state index is -3.10. The molecule has 0 heterocycles. The summed E-state index contributed by atoms with van der Waals surface area (Å²) in [7, 11) is -1.12. The molecule has 0 aromatic carbocycles. The van der Waals surface area contributed by atoms with Gasteiger partial charge in [0, 0.05) is 20.1 Å². The largest absolute Gasteiger partial charge is 0.357 e. The first kappa shape index (κ1) is 19.2. The van der Waals surface area contributed by atoms with Gasteiger partial charge in [0.05, 0.1) is 17.0 Å². The van der Waals surface area contributed by atoms with E-state index >= 15 is 0 Å². The number of aliphatic imine (C=N–C) groups is 1. The molecule has 0 aliphatic rings. The number of nitrogens with zero attached hydrogens (tertiary/aromatic N) is 2. The van der Waals surface area contributed by atoms with Gasteiger partial charge >= 0.3 is 0 Å². The average Bonchev–Trinajstić information content (AvgIpc) is 2.33. The molecular formula is C14H31N3O2S. The molecule has 0 aliphatic heterocycles. The predicted molar refractivity (Wildman–Crippen MR) is 87.1 cm³/mol. The Labute approximate surface area is 124 Å². The maximum Gasteiger partial charge on any atom is 0.193 e. The van der Waals surface area contributed by atoms with Crippen molar-refractivity contribution in [2.24, 2.45) is 4.99 Å². The molecule has 0 aromatic rings. The van der Waals surface area contributed by atoms with Crippen molar-refractivity contribution in [3.63, 3.8) is 0 Å². The Kier molecular flexibility index (Phi) is 8.16. The van der Waals surface area contributed by atoms with Crippen LogP contribution < -0.4 is 5.32 Å². The fourth-order valence-corrected chi connectivity index (χ4v) is 2.49. The summed E-state index contributed by atoms with van der Waals surface area (Å²) in [5.41, 5.74) is 0. The smallest absolute Gasteiger partial charge is 0.193 e. The van der Waals surface area contributed by atoms with Crippen LogP contribution in [0.15, 0.2) is 4.99 Å². The molecule has 0 atom stereocenters. The quantitative estimate of drug-likeness (QED) is 0.576. The van der Waals surface area contributed by atoms with Crippen molar-refractivity contribution < 1.29 is 8.42 Å². The summed E-state index contributed by atoms with van der Waals surface area (Å²) < 4.78 is 23.3. The lowest BCUT2D eigenvalue weighted by molar-refractivity contribution is 0.465. The zero-order valence-electron chi connectivity index (χ0n) is 13.9. The number of unbranched alkanes of at least 4 members (excludes halogenated alkanes) is 1. The number of hydrogen-bond acceptors (Lipinski definition) is 3.